The summed E-state index contributed by atoms with van der Waals surface area (Å²) in [6.45, 7) is 8.00. The van der Waals surface area contributed by atoms with Crippen LogP contribution in [0.3, 0.4) is 0 Å². The number of nitrogens with zero attached hydrogens (tertiary/aromatic N) is 1. The van der Waals surface area contributed by atoms with Gasteiger partial charge in [0.15, 0.2) is 11.5 Å². The van der Waals surface area contributed by atoms with Crippen LogP contribution < -0.4 is 9.64 Å². The number of rotatable bonds is 1. The number of hydrogen-bond donors (Lipinski definition) is 0. The molecule has 0 radical (unpaired) electrons. The van der Waals surface area contributed by atoms with E-state index in [0.29, 0.717) is 0 Å². The van der Waals surface area contributed by atoms with E-state index in [1.165, 1.54) is 0 Å². The molecule has 0 saturated heterocycles. The Morgan fingerprint density at radius 1 is 0.542 bits per heavy atom. The van der Waals surface area contributed by atoms with Crippen LogP contribution >= 0.6 is 0 Å². The van der Waals surface area contributed by atoms with Crippen molar-refractivity contribution in [2.75, 3.05) is 4.90 Å². The predicted molar refractivity (Wildman–Crippen MR) is 104 cm³/mol. The second-order valence-electron chi connectivity index (χ2n) is 4.71. The van der Waals surface area contributed by atoms with E-state index in [1.807, 2.05) is 70.2 Å². The number of hydrogen-bond acceptors (Lipinski definition) is 2. The van der Waals surface area contributed by atoms with Crippen molar-refractivity contribution in [3.05, 3.63) is 78.9 Å². The van der Waals surface area contributed by atoms with Gasteiger partial charge in [-0.2, -0.15) is 0 Å². The standard InChI is InChI=1S/C18H13NO.2C2H6/c1-2-8-14(9-3-1)19-15-10-4-6-12-17(15)20-18-13-7-5-11-16(18)19;2*1-2/h1-13H;2*1-2H3. The lowest BCUT2D eigenvalue weighted by Gasteiger charge is -2.32. The van der Waals surface area contributed by atoms with E-state index >= 15 is 0 Å². The van der Waals surface area contributed by atoms with Crippen molar-refractivity contribution in [2.24, 2.45) is 0 Å². The van der Waals surface area contributed by atoms with Crippen LogP contribution in [0, 0.1) is 0 Å². The quantitative estimate of drug-likeness (QED) is 0.364. The maximum atomic E-state index is 5.99. The van der Waals surface area contributed by atoms with E-state index < -0.39 is 0 Å². The SMILES string of the molecule is CC.CC.c1ccc(N2c3ccccc3Oc3ccccc32)cc1. The summed E-state index contributed by atoms with van der Waals surface area (Å²) < 4.78 is 5.99. The molecule has 0 bridgehead atoms. The molecule has 0 amide bonds. The molecule has 0 aliphatic carbocycles. The minimum Gasteiger partial charge on any atom is -0.453 e. The van der Waals surface area contributed by atoms with Crippen LogP contribution in [0.2, 0.25) is 0 Å². The highest BCUT2D eigenvalue weighted by molar-refractivity contribution is 5.85. The highest BCUT2D eigenvalue weighted by atomic mass is 16.5. The third kappa shape index (κ3) is 3.43. The molecule has 0 saturated carbocycles. The van der Waals surface area contributed by atoms with Crippen LogP contribution in [-0.2, 0) is 0 Å². The molecular formula is C22H25NO. The summed E-state index contributed by atoms with van der Waals surface area (Å²) in [5.41, 5.74) is 3.27. The first-order valence-electron chi connectivity index (χ1n) is 8.64. The molecular weight excluding hydrogens is 294 g/mol. The molecule has 24 heavy (non-hydrogen) atoms. The fourth-order valence-electron chi connectivity index (χ4n) is 2.56. The van der Waals surface area contributed by atoms with Crippen molar-refractivity contribution in [3.8, 4) is 11.5 Å². The zero-order chi connectivity index (χ0) is 17.4. The second kappa shape index (κ2) is 8.78. The molecule has 1 heterocycles. The van der Waals surface area contributed by atoms with Crippen LogP contribution in [0.25, 0.3) is 0 Å². The Morgan fingerprint density at radius 3 is 1.46 bits per heavy atom. The number of anilines is 3. The van der Waals surface area contributed by atoms with Crippen LogP contribution in [0.5, 0.6) is 11.5 Å². The molecule has 0 unspecified atom stereocenters. The number of fused-ring (bicyclic) bond motifs is 2. The minimum absolute atomic E-state index is 0.884. The van der Waals surface area contributed by atoms with Gasteiger partial charge in [0.1, 0.15) is 0 Å². The van der Waals surface area contributed by atoms with Gasteiger partial charge in [0.05, 0.1) is 11.4 Å². The van der Waals surface area contributed by atoms with Gasteiger partial charge in [-0.05, 0) is 36.4 Å². The van der Waals surface area contributed by atoms with Crippen LogP contribution in [-0.4, -0.2) is 0 Å². The summed E-state index contributed by atoms with van der Waals surface area (Å²) in [5, 5.41) is 0. The van der Waals surface area contributed by atoms with E-state index in [-0.39, 0.29) is 0 Å². The van der Waals surface area contributed by atoms with Gasteiger partial charge in [0.2, 0.25) is 0 Å². The van der Waals surface area contributed by atoms with Crippen LogP contribution in [0.1, 0.15) is 27.7 Å². The smallest absolute Gasteiger partial charge is 0.151 e. The normalized spacial score (nSPS) is 10.8. The fraction of sp³-hybridized carbons (Fsp3) is 0.182. The predicted octanol–water partition coefficient (Wildman–Crippen LogP) is 7.31. The summed E-state index contributed by atoms with van der Waals surface area (Å²) in [7, 11) is 0. The Kier molecular flexibility index (Phi) is 6.44. The van der Waals surface area contributed by atoms with Gasteiger partial charge in [0, 0.05) is 5.69 Å². The topological polar surface area (TPSA) is 12.5 Å². The molecule has 3 aromatic rings. The maximum Gasteiger partial charge on any atom is 0.151 e. The second-order valence-corrected chi connectivity index (χ2v) is 4.71. The first-order valence-corrected chi connectivity index (χ1v) is 8.64. The summed E-state index contributed by atoms with van der Waals surface area (Å²) in [6.07, 6.45) is 0. The molecule has 124 valence electrons. The van der Waals surface area contributed by atoms with E-state index in [4.69, 9.17) is 4.74 Å². The number of para-hydroxylation sites is 5. The fourth-order valence-corrected chi connectivity index (χ4v) is 2.56. The van der Waals surface area contributed by atoms with Crippen LogP contribution in [0.15, 0.2) is 78.9 Å². The largest absolute Gasteiger partial charge is 0.453 e. The van der Waals surface area contributed by atoms with Crippen molar-refractivity contribution in [1.82, 2.24) is 0 Å². The van der Waals surface area contributed by atoms with E-state index in [2.05, 4.69) is 41.3 Å². The van der Waals surface area contributed by atoms with Gasteiger partial charge in [-0.25, -0.2) is 0 Å². The van der Waals surface area contributed by atoms with Crippen molar-refractivity contribution in [2.45, 2.75) is 27.7 Å². The highest BCUT2D eigenvalue weighted by Crippen LogP contribution is 2.49. The molecule has 0 spiro atoms. The Hall–Kier alpha value is -2.74. The number of ether oxygens (including phenoxy) is 1. The molecule has 3 aromatic carbocycles. The van der Waals surface area contributed by atoms with Crippen molar-refractivity contribution < 1.29 is 4.74 Å². The van der Waals surface area contributed by atoms with Crippen LogP contribution in [0.4, 0.5) is 17.1 Å². The van der Waals surface area contributed by atoms with Gasteiger partial charge in [0.25, 0.3) is 0 Å². The molecule has 1 aliphatic heterocycles. The summed E-state index contributed by atoms with van der Waals surface area (Å²) >= 11 is 0. The first kappa shape index (κ1) is 17.6. The van der Waals surface area contributed by atoms with Crippen molar-refractivity contribution in [3.63, 3.8) is 0 Å². The lowest BCUT2D eigenvalue weighted by Crippen LogP contribution is -2.15. The molecule has 4 rings (SSSR count). The summed E-state index contributed by atoms with van der Waals surface area (Å²) in [6, 6.07) is 26.6. The summed E-state index contributed by atoms with van der Waals surface area (Å²) in [4.78, 5) is 2.23. The van der Waals surface area contributed by atoms with Crippen molar-refractivity contribution in [1.29, 1.82) is 0 Å². The monoisotopic (exact) mass is 319 g/mol. The lowest BCUT2D eigenvalue weighted by atomic mass is 10.1. The summed E-state index contributed by atoms with van der Waals surface area (Å²) in [5.74, 6) is 1.77. The maximum absolute atomic E-state index is 5.99. The molecule has 2 nitrogen and oxygen atoms in total. The molecule has 0 fully saturated rings. The Labute approximate surface area is 145 Å². The van der Waals surface area contributed by atoms with Gasteiger partial charge in [-0.15, -0.1) is 0 Å². The molecule has 0 aromatic heterocycles. The highest BCUT2D eigenvalue weighted by Gasteiger charge is 2.24. The van der Waals surface area contributed by atoms with Gasteiger partial charge >= 0.3 is 0 Å². The Bertz CT molecular complexity index is 707. The Balaban J connectivity index is 0.000000487. The van der Waals surface area contributed by atoms with Crippen molar-refractivity contribution >= 4 is 17.1 Å². The van der Waals surface area contributed by atoms with Gasteiger partial charge in [-0.1, -0.05) is 70.2 Å². The zero-order valence-electron chi connectivity index (χ0n) is 14.9. The van der Waals surface area contributed by atoms with E-state index in [0.717, 1.165) is 28.6 Å². The third-order valence-corrected chi connectivity index (χ3v) is 3.45. The van der Waals surface area contributed by atoms with E-state index in [9.17, 15) is 0 Å². The van der Waals surface area contributed by atoms with E-state index in [1.54, 1.807) is 0 Å². The van der Waals surface area contributed by atoms with Gasteiger partial charge < -0.3 is 9.64 Å². The molecule has 0 atom stereocenters. The lowest BCUT2D eigenvalue weighted by molar-refractivity contribution is 0.477. The molecule has 0 N–H and O–H groups in total. The third-order valence-electron chi connectivity index (χ3n) is 3.45. The average Bonchev–Trinajstić information content (AvgIpc) is 2.70. The average molecular weight is 319 g/mol. The minimum atomic E-state index is 0.884. The van der Waals surface area contributed by atoms with Gasteiger partial charge in [-0.3, -0.25) is 0 Å². The number of benzene rings is 3. The first-order chi connectivity index (χ1) is 11.9. The molecule has 1 aliphatic rings. The molecule has 2 heteroatoms. The Morgan fingerprint density at radius 2 is 0.958 bits per heavy atom. The zero-order valence-corrected chi connectivity index (χ0v) is 14.9.